The van der Waals surface area contributed by atoms with Gasteiger partial charge >= 0.3 is 6.03 Å². The van der Waals surface area contributed by atoms with Crippen molar-refractivity contribution in [3.8, 4) is 12.3 Å². The summed E-state index contributed by atoms with van der Waals surface area (Å²) in [6.45, 7) is 4.17. The summed E-state index contributed by atoms with van der Waals surface area (Å²) in [5.41, 5.74) is 0. The van der Waals surface area contributed by atoms with Gasteiger partial charge < -0.3 is 15.4 Å². The zero-order valence-corrected chi connectivity index (χ0v) is 11.1. The molecular weight excluding hydrogens is 230 g/mol. The number of hydrogen-bond donors (Lipinski definition) is 2. The van der Waals surface area contributed by atoms with E-state index in [1.165, 1.54) is 0 Å². The Labute approximate surface area is 109 Å². The number of carbonyl (C=O) groups is 1. The molecule has 1 heterocycles. The molecule has 2 N–H and O–H groups in total. The van der Waals surface area contributed by atoms with Gasteiger partial charge in [-0.15, -0.1) is 12.3 Å². The van der Waals surface area contributed by atoms with Gasteiger partial charge in [0.1, 0.15) is 0 Å². The van der Waals surface area contributed by atoms with Crippen LogP contribution in [-0.4, -0.2) is 56.9 Å². The zero-order valence-electron chi connectivity index (χ0n) is 11.1. The lowest BCUT2D eigenvalue weighted by Gasteiger charge is -2.32. The molecule has 0 aromatic rings. The number of hydrogen-bond acceptors (Lipinski definition) is 3. The van der Waals surface area contributed by atoms with Gasteiger partial charge in [-0.3, -0.25) is 4.90 Å². The maximum atomic E-state index is 11.6. The Morgan fingerprint density at radius 1 is 1.61 bits per heavy atom. The molecule has 18 heavy (non-hydrogen) atoms. The van der Waals surface area contributed by atoms with Crippen LogP contribution >= 0.6 is 0 Å². The standard InChI is InChI=1S/C13H23N3O2/c1-3-4-7-14-13(17)15-12-6-5-8-16(11-12)9-10-18-2/h1,12H,4-11H2,2H3,(H2,14,15,17)/t12-/m0/s1. The van der Waals surface area contributed by atoms with E-state index in [4.69, 9.17) is 11.2 Å². The summed E-state index contributed by atoms with van der Waals surface area (Å²) in [6.07, 6.45) is 7.83. The number of nitrogens with one attached hydrogen (secondary N) is 2. The van der Waals surface area contributed by atoms with E-state index in [1.807, 2.05) is 0 Å². The normalized spacial score (nSPS) is 20.1. The van der Waals surface area contributed by atoms with Gasteiger partial charge in [0.15, 0.2) is 0 Å². The molecule has 5 nitrogen and oxygen atoms in total. The van der Waals surface area contributed by atoms with Crippen LogP contribution in [0.3, 0.4) is 0 Å². The first kappa shape index (κ1) is 14.8. The molecular formula is C13H23N3O2. The molecule has 1 saturated heterocycles. The number of terminal acetylenes is 1. The van der Waals surface area contributed by atoms with Crippen LogP contribution in [0.5, 0.6) is 0 Å². The minimum Gasteiger partial charge on any atom is -0.383 e. The highest BCUT2D eigenvalue weighted by Crippen LogP contribution is 2.09. The molecule has 0 aromatic carbocycles. The fourth-order valence-electron chi connectivity index (χ4n) is 2.08. The smallest absolute Gasteiger partial charge is 0.315 e. The van der Waals surface area contributed by atoms with Crippen LogP contribution in [0.2, 0.25) is 0 Å². The van der Waals surface area contributed by atoms with Crippen molar-refractivity contribution < 1.29 is 9.53 Å². The molecule has 0 saturated carbocycles. The maximum absolute atomic E-state index is 11.6. The third-order valence-electron chi connectivity index (χ3n) is 3.01. The summed E-state index contributed by atoms with van der Waals surface area (Å²) >= 11 is 0. The highest BCUT2D eigenvalue weighted by atomic mass is 16.5. The first-order chi connectivity index (χ1) is 8.76. The third kappa shape index (κ3) is 5.89. The quantitative estimate of drug-likeness (QED) is 0.533. The highest BCUT2D eigenvalue weighted by Gasteiger charge is 2.20. The number of piperidine rings is 1. The molecule has 0 aromatic heterocycles. The van der Waals surface area contributed by atoms with Gasteiger partial charge in [-0.05, 0) is 19.4 Å². The van der Waals surface area contributed by atoms with Crippen molar-refractivity contribution in [1.29, 1.82) is 0 Å². The number of likely N-dealkylation sites (tertiary alicyclic amines) is 1. The number of urea groups is 1. The first-order valence-electron chi connectivity index (χ1n) is 6.45. The van der Waals surface area contributed by atoms with E-state index in [0.29, 0.717) is 13.0 Å². The van der Waals surface area contributed by atoms with Crippen molar-refractivity contribution >= 4 is 6.03 Å². The monoisotopic (exact) mass is 253 g/mol. The Balaban J connectivity index is 2.20. The molecule has 0 unspecified atom stereocenters. The summed E-state index contributed by atoms with van der Waals surface area (Å²) < 4.78 is 5.07. The van der Waals surface area contributed by atoms with Gasteiger partial charge in [0, 0.05) is 39.2 Å². The number of nitrogens with zero attached hydrogens (tertiary/aromatic N) is 1. The Kier molecular flexibility index (Phi) is 7.23. The van der Waals surface area contributed by atoms with Gasteiger partial charge in [0.2, 0.25) is 0 Å². The molecule has 1 aliphatic rings. The summed E-state index contributed by atoms with van der Waals surface area (Å²) in [5, 5.41) is 5.74. The first-order valence-corrected chi connectivity index (χ1v) is 6.45. The fraction of sp³-hybridized carbons (Fsp3) is 0.769. The molecule has 0 aliphatic carbocycles. The fourth-order valence-corrected chi connectivity index (χ4v) is 2.08. The summed E-state index contributed by atoms with van der Waals surface area (Å²) in [4.78, 5) is 13.9. The minimum atomic E-state index is -0.121. The molecule has 0 radical (unpaired) electrons. The lowest BCUT2D eigenvalue weighted by atomic mass is 10.1. The SMILES string of the molecule is C#CCCNC(=O)N[C@H]1CCCN(CCOC)C1. The van der Waals surface area contributed by atoms with E-state index < -0.39 is 0 Å². The molecule has 1 atom stereocenters. The van der Waals surface area contributed by atoms with Crippen LogP contribution in [0.4, 0.5) is 4.79 Å². The van der Waals surface area contributed by atoms with Crippen LogP contribution in [0.1, 0.15) is 19.3 Å². The number of methoxy groups -OCH3 is 1. The number of carbonyl (C=O) groups excluding carboxylic acids is 1. The second kappa shape index (κ2) is 8.78. The zero-order chi connectivity index (χ0) is 13.2. The van der Waals surface area contributed by atoms with Gasteiger partial charge in [0.25, 0.3) is 0 Å². The predicted molar refractivity (Wildman–Crippen MR) is 71.3 cm³/mol. The maximum Gasteiger partial charge on any atom is 0.315 e. The number of ether oxygens (including phenoxy) is 1. The van der Waals surface area contributed by atoms with Crippen molar-refractivity contribution in [3.05, 3.63) is 0 Å². The number of rotatable bonds is 6. The molecule has 1 rings (SSSR count). The molecule has 2 amide bonds. The second-order valence-corrected chi connectivity index (χ2v) is 4.49. The Morgan fingerprint density at radius 2 is 2.44 bits per heavy atom. The van der Waals surface area contributed by atoms with E-state index in [2.05, 4.69) is 21.5 Å². The Bertz CT molecular complexity index is 288. The second-order valence-electron chi connectivity index (χ2n) is 4.49. The van der Waals surface area contributed by atoms with Crippen molar-refractivity contribution in [3.63, 3.8) is 0 Å². The van der Waals surface area contributed by atoms with Crippen molar-refractivity contribution in [2.24, 2.45) is 0 Å². The molecule has 1 fully saturated rings. The summed E-state index contributed by atoms with van der Waals surface area (Å²) in [6, 6.07) is 0.102. The van der Waals surface area contributed by atoms with Gasteiger partial charge in [-0.25, -0.2) is 4.79 Å². The van der Waals surface area contributed by atoms with E-state index >= 15 is 0 Å². The average molecular weight is 253 g/mol. The molecule has 0 spiro atoms. The largest absolute Gasteiger partial charge is 0.383 e. The van der Waals surface area contributed by atoms with Gasteiger partial charge in [-0.1, -0.05) is 0 Å². The van der Waals surface area contributed by atoms with Crippen molar-refractivity contribution in [1.82, 2.24) is 15.5 Å². The summed E-state index contributed by atoms with van der Waals surface area (Å²) in [5.74, 6) is 2.49. The topological polar surface area (TPSA) is 53.6 Å². The lowest BCUT2D eigenvalue weighted by molar-refractivity contribution is 0.123. The lowest BCUT2D eigenvalue weighted by Crippen LogP contribution is -2.51. The Morgan fingerprint density at radius 3 is 3.17 bits per heavy atom. The van der Waals surface area contributed by atoms with E-state index in [0.717, 1.165) is 39.1 Å². The predicted octanol–water partition coefficient (Wildman–Crippen LogP) is 0.420. The van der Waals surface area contributed by atoms with E-state index in [-0.39, 0.29) is 12.1 Å². The van der Waals surface area contributed by atoms with E-state index in [9.17, 15) is 4.79 Å². The molecule has 5 heteroatoms. The van der Waals surface area contributed by atoms with Crippen LogP contribution in [0.15, 0.2) is 0 Å². The molecule has 0 bridgehead atoms. The molecule has 102 valence electrons. The highest BCUT2D eigenvalue weighted by molar-refractivity contribution is 5.74. The molecule has 1 aliphatic heterocycles. The van der Waals surface area contributed by atoms with Gasteiger partial charge in [-0.2, -0.15) is 0 Å². The van der Waals surface area contributed by atoms with Crippen LogP contribution < -0.4 is 10.6 Å². The van der Waals surface area contributed by atoms with Crippen LogP contribution in [0.25, 0.3) is 0 Å². The third-order valence-corrected chi connectivity index (χ3v) is 3.01. The van der Waals surface area contributed by atoms with E-state index in [1.54, 1.807) is 7.11 Å². The van der Waals surface area contributed by atoms with Crippen LogP contribution in [-0.2, 0) is 4.74 Å². The van der Waals surface area contributed by atoms with Crippen molar-refractivity contribution in [2.45, 2.75) is 25.3 Å². The van der Waals surface area contributed by atoms with Gasteiger partial charge in [0.05, 0.1) is 6.61 Å². The van der Waals surface area contributed by atoms with Crippen LogP contribution in [0, 0.1) is 12.3 Å². The average Bonchev–Trinajstić information content (AvgIpc) is 2.37. The Hall–Kier alpha value is -1.25. The summed E-state index contributed by atoms with van der Waals surface area (Å²) in [7, 11) is 1.71. The number of amides is 2. The minimum absolute atomic E-state index is 0.121. The van der Waals surface area contributed by atoms with Crippen molar-refractivity contribution in [2.75, 3.05) is 39.9 Å².